The molecule has 0 aliphatic heterocycles. The van der Waals surface area contributed by atoms with Gasteiger partial charge in [-0.15, -0.1) is 0 Å². The third kappa shape index (κ3) is 7.26. The van der Waals surface area contributed by atoms with Gasteiger partial charge in [0.2, 0.25) is 0 Å². The number of carboxylic acid groups (broad SMARTS) is 1. The second kappa shape index (κ2) is 13.6. The molecule has 3 rings (SSSR count). The third-order valence-electron chi connectivity index (χ3n) is 6.04. The SMILES string of the molecule is CCC[C@H](NC(=O)c1ccc(CO[C@@H](COCC)c2ccccc2)cc1-c1ccccc1C)C(=O)O. The Kier molecular flexibility index (Phi) is 10.2. The number of hydrogen-bond donors (Lipinski definition) is 2. The summed E-state index contributed by atoms with van der Waals surface area (Å²) in [5.41, 5.74) is 5.06. The summed E-state index contributed by atoms with van der Waals surface area (Å²) in [6.07, 6.45) is 0.803. The lowest BCUT2D eigenvalue weighted by atomic mass is 9.93. The predicted octanol–water partition coefficient (Wildman–Crippen LogP) is 5.94. The molecule has 0 saturated carbocycles. The highest BCUT2D eigenvalue weighted by molar-refractivity contribution is 6.02. The van der Waals surface area contributed by atoms with Gasteiger partial charge in [-0.3, -0.25) is 4.79 Å². The topological polar surface area (TPSA) is 84.9 Å². The van der Waals surface area contributed by atoms with Crippen LogP contribution >= 0.6 is 0 Å². The highest BCUT2D eigenvalue weighted by Gasteiger charge is 2.22. The van der Waals surface area contributed by atoms with Gasteiger partial charge >= 0.3 is 5.97 Å². The minimum absolute atomic E-state index is 0.221. The van der Waals surface area contributed by atoms with Crippen LogP contribution < -0.4 is 5.32 Å². The Morgan fingerprint density at radius 2 is 1.67 bits per heavy atom. The second-order valence-electron chi connectivity index (χ2n) is 8.72. The van der Waals surface area contributed by atoms with Crippen molar-refractivity contribution in [1.82, 2.24) is 5.32 Å². The minimum Gasteiger partial charge on any atom is -0.480 e. The molecule has 0 radical (unpaired) electrons. The van der Waals surface area contributed by atoms with E-state index in [9.17, 15) is 14.7 Å². The number of carbonyl (C=O) groups excluding carboxylic acids is 1. The molecule has 36 heavy (non-hydrogen) atoms. The lowest BCUT2D eigenvalue weighted by molar-refractivity contribution is -0.139. The molecule has 1 amide bonds. The summed E-state index contributed by atoms with van der Waals surface area (Å²) in [4.78, 5) is 24.8. The van der Waals surface area contributed by atoms with Crippen LogP contribution in [-0.4, -0.2) is 36.2 Å². The smallest absolute Gasteiger partial charge is 0.326 e. The number of carbonyl (C=O) groups is 2. The number of rotatable bonds is 13. The van der Waals surface area contributed by atoms with E-state index >= 15 is 0 Å². The summed E-state index contributed by atoms with van der Waals surface area (Å²) in [5.74, 6) is -1.44. The van der Waals surface area contributed by atoms with Gasteiger partial charge in [-0.2, -0.15) is 0 Å². The summed E-state index contributed by atoms with van der Waals surface area (Å²) >= 11 is 0. The fourth-order valence-corrected chi connectivity index (χ4v) is 4.09. The molecule has 190 valence electrons. The van der Waals surface area contributed by atoms with Crippen molar-refractivity contribution < 1.29 is 24.2 Å². The second-order valence-corrected chi connectivity index (χ2v) is 8.72. The molecule has 0 saturated heterocycles. The van der Waals surface area contributed by atoms with E-state index in [1.807, 2.05) is 87.5 Å². The molecule has 0 unspecified atom stereocenters. The van der Waals surface area contributed by atoms with Gasteiger partial charge in [0.15, 0.2) is 0 Å². The van der Waals surface area contributed by atoms with E-state index in [1.54, 1.807) is 6.07 Å². The van der Waals surface area contributed by atoms with Crippen LogP contribution in [0.2, 0.25) is 0 Å². The van der Waals surface area contributed by atoms with Gasteiger partial charge < -0.3 is 19.9 Å². The Bertz CT molecular complexity index is 1150. The quantitative estimate of drug-likeness (QED) is 0.310. The predicted molar refractivity (Wildman–Crippen MR) is 141 cm³/mol. The van der Waals surface area contributed by atoms with Crippen LogP contribution in [0.4, 0.5) is 0 Å². The molecule has 0 aliphatic carbocycles. The van der Waals surface area contributed by atoms with Gasteiger partial charge in [0.1, 0.15) is 12.1 Å². The van der Waals surface area contributed by atoms with Gasteiger partial charge in [0.05, 0.1) is 13.2 Å². The first kappa shape index (κ1) is 27.1. The molecule has 0 aromatic heterocycles. The van der Waals surface area contributed by atoms with Crippen LogP contribution in [0.25, 0.3) is 11.1 Å². The zero-order valence-electron chi connectivity index (χ0n) is 21.2. The number of amides is 1. The van der Waals surface area contributed by atoms with E-state index in [4.69, 9.17) is 9.47 Å². The molecule has 0 heterocycles. The molecule has 6 nitrogen and oxygen atoms in total. The van der Waals surface area contributed by atoms with E-state index < -0.39 is 17.9 Å². The maximum Gasteiger partial charge on any atom is 0.326 e. The van der Waals surface area contributed by atoms with Crippen LogP contribution in [0.1, 0.15) is 59.8 Å². The maximum atomic E-state index is 13.2. The van der Waals surface area contributed by atoms with E-state index in [0.29, 0.717) is 38.2 Å². The van der Waals surface area contributed by atoms with Crippen molar-refractivity contribution in [2.75, 3.05) is 13.2 Å². The van der Waals surface area contributed by atoms with Crippen molar-refractivity contribution in [3.63, 3.8) is 0 Å². The average Bonchev–Trinajstić information content (AvgIpc) is 2.89. The molecule has 0 fully saturated rings. The van der Waals surface area contributed by atoms with Crippen molar-refractivity contribution in [1.29, 1.82) is 0 Å². The first-order valence-corrected chi connectivity index (χ1v) is 12.4. The number of ether oxygens (including phenoxy) is 2. The molecule has 0 spiro atoms. The lowest BCUT2D eigenvalue weighted by Gasteiger charge is -2.20. The normalized spacial score (nSPS) is 12.6. The van der Waals surface area contributed by atoms with Crippen molar-refractivity contribution in [3.8, 4) is 11.1 Å². The minimum atomic E-state index is -1.03. The average molecular weight is 490 g/mol. The monoisotopic (exact) mass is 489 g/mol. The van der Waals surface area contributed by atoms with Crippen LogP contribution in [-0.2, 0) is 20.9 Å². The fourth-order valence-electron chi connectivity index (χ4n) is 4.09. The molecule has 3 aromatic rings. The fraction of sp³-hybridized carbons (Fsp3) is 0.333. The molecule has 2 N–H and O–H groups in total. The van der Waals surface area contributed by atoms with E-state index in [-0.39, 0.29) is 6.10 Å². The molecule has 3 aromatic carbocycles. The zero-order chi connectivity index (χ0) is 25.9. The highest BCUT2D eigenvalue weighted by atomic mass is 16.5. The number of aryl methyl sites for hydroxylation is 1. The first-order valence-electron chi connectivity index (χ1n) is 12.4. The number of nitrogens with one attached hydrogen (secondary N) is 1. The number of hydrogen-bond acceptors (Lipinski definition) is 4. The Balaban J connectivity index is 1.90. The first-order chi connectivity index (χ1) is 17.4. The molecule has 2 atom stereocenters. The summed E-state index contributed by atoms with van der Waals surface area (Å²) in [6.45, 7) is 7.22. The largest absolute Gasteiger partial charge is 0.480 e. The standard InChI is InChI=1S/C30H35NO5/c1-4-11-27(30(33)34)31-29(32)25-17-16-22(18-26(25)24-15-10-9-12-21(24)3)19-36-28(20-35-5-2)23-13-7-6-8-14-23/h6-10,12-18,27-28H,4-5,11,19-20H2,1-3H3,(H,31,32)(H,33,34)/t27-,28-/m0/s1. The van der Waals surface area contributed by atoms with Crippen LogP contribution in [0.5, 0.6) is 0 Å². The number of aliphatic carboxylic acids is 1. The van der Waals surface area contributed by atoms with Gasteiger partial charge in [-0.1, -0.05) is 74.0 Å². The van der Waals surface area contributed by atoms with E-state index in [1.165, 1.54) is 0 Å². The van der Waals surface area contributed by atoms with Gasteiger partial charge in [-0.05, 0) is 60.2 Å². The summed E-state index contributed by atoms with van der Waals surface area (Å²) < 4.78 is 11.9. The van der Waals surface area contributed by atoms with Crippen LogP contribution in [0.15, 0.2) is 72.8 Å². The molecular weight excluding hydrogens is 454 g/mol. The molecule has 6 heteroatoms. The van der Waals surface area contributed by atoms with Crippen molar-refractivity contribution >= 4 is 11.9 Å². The van der Waals surface area contributed by atoms with Crippen LogP contribution in [0.3, 0.4) is 0 Å². The van der Waals surface area contributed by atoms with E-state index in [0.717, 1.165) is 27.8 Å². The molecule has 0 aliphatic rings. The van der Waals surface area contributed by atoms with Gasteiger partial charge in [-0.25, -0.2) is 4.79 Å². The number of benzene rings is 3. The zero-order valence-corrected chi connectivity index (χ0v) is 21.2. The van der Waals surface area contributed by atoms with Crippen molar-refractivity contribution in [3.05, 3.63) is 95.1 Å². The summed E-state index contributed by atoms with van der Waals surface area (Å²) in [6, 6.07) is 22.4. The van der Waals surface area contributed by atoms with Gasteiger partial charge in [0.25, 0.3) is 5.91 Å². The van der Waals surface area contributed by atoms with Crippen LogP contribution in [0, 0.1) is 6.92 Å². The third-order valence-corrected chi connectivity index (χ3v) is 6.04. The summed E-state index contributed by atoms with van der Waals surface area (Å²) in [5, 5.41) is 12.2. The maximum absolute atomic E-state index is 13.2. The Labute approximate surface area is 213 Å². The van der Waals surface area contributed by atoms with Gasteiger partial charge in [0, 0.05) is 12.2 Å². The Morgan fingerprint density at radius 3 is 2.33 bits per heavy atom. The number of carboxylic acids is 1. The van der Waals surface area contributed by atoms with Crippen molar-refractivity contribution in [2.45, 2.75) is 52.4 Å². The highest BCUT2D eigenvalue weighted by Crippen LogP contribution is 2.29. The van der Waals surface area contributed by atoms with E-state index in [2.05, 4.69) is 5.32 Å². The summed E-state index contributed by atoms with van der Waals surface area (Å²) in [7, 11) is 0. The molecule has 0 bridgehead atoms. The lowest BCUT2D eigenvalue weighted by Crippen LogP contribution is -2.40. The molecular formula is C30H35NO5. The Hall–Kier alpha value is -3.48. The van der Waals surface area contributed by atoms with Crippen molar-refractivity contribution in [2.24, 2.45) is 0 Å². The Morgan fingerprint density at radius 1 is 0.944 bits per heavy atom.